The number of ether oxygens (including phenoxy) is 1. The minimum Gasteiger partial charge on any atom is -0.388 e. The van der Waals surface area contributed by atoms with Gasteiger partial charge < -0.3 is 14.4 Å². The quantitative estimate of drug-likeness (QED) is 0.578. The maximum absolute atomic E-state index is 9.66. The van der Waals surface area contributed by atoms with Crippen LogP contribution in [0.25, 0.3) is 11.0 Å². The first-order valence-corrected chi connectivity index (χ1v) is 12.7. The van der Waals surface area contributed by atoms with E-state index >= 15 is 0 Å². The van der Waals surface area contributed by atoms with Gasteiger partial charge in [-0.25, -0.2) is 4.98 Å². The van der Waals surface area contributed by atoms with Crippen LogP contribution in [0.1, 0.15) is 29.8 Å². The number of hydrogen-bond donors (Lipinski definition) is 1. The number of nitriles is 1. The molecule has 1 saturated carbocycles. The van der Waals surface area contributed by atoms with Crippen LogP contribution in [0.5, 0.6) is 0 Å². The molecule has 1 aromatic heterocycles. The van der Waals surface area contributed by atoms with Crippen molar-refractivity contribution in [2.24, 2.45) is 5.92 Å². The molecule has 0 spiro atoms. The molecular weight excluding hydrogens is 330 g/mol. The first-order valence-electron chi connectivity index (χ1n) is 9.02. The van der Waals surface area contributed by atoms with Crippen LogP contribution in [-0.2, 0) is 24.5 Å². The van der Waals surface area contributed by atoms with Crippen molar-refractivity contribution < 1.29 is 9.84 Å². The first-order chi connectivity index (χ1) is 11.9. The van der Waals surface area contributed by atoms with Gasteiger partial charge in [0.25, 0.3) is 0 Å². The van der Waals surface area contributed by atoms with Gasteiger partial charge in [0.2, 0.25) is 0 Å². The van der Waals surface area contributed by atoms with Crippen LogP contribution in [0.3, 0.4) is 0 Å². The van der Waals surface area contributed by atoms with E-state index in [9.17, 15) is 10.4 Å². The van der Waals surface area contributed by atoms with Gasteiger partial charge >= 0.3 is 0 Å². The normalized spacial score (nSPS) is 14.8. The average Bonchev–Trinajstić information content (AvgIpc) is 3.30. The Labute approximate surface area is 150 Å². The van der Waals surface area contributed by atoms with E-state index in [1.807, 2.05) is 16.7 Å². The second-order valence-electron chi connectivity index (χ2n) is 8.22. The molecule has 1 aliphatic rings. The third-order valence-corrected chi connectivity index (χ3v) is 6.44. The molecule has 0 unspecified atom stereocenters. The van der Waals surface area contributed by atoms with Gasteiger partial charge in [0.1, 0.15) is 19.2 Å². The Kier molecular flexibility index (Phi) is 5.28. The highest BCUT2D eigenvalue weighted by molar-refractivity contribution is 6.76. The molecule has 1 fully saturated rings. The summed E-state index contributed by atoms with van der Waals surface area (Å²) in [6.07, 6.45) is 3.46. The van der Waals surface area contributed by atoms with Gasteiger partial charge in [-0.1, -0.05) is 19.6 Å². The van der Waals surface area contributed by atoms with E-state index in [1.165, 1.54) is 12.8 Å². The van der Waals surface area contributed by atoms with E-state index in [0.29, 0.717) is 30.6 Å². The lowest BCUT2D eigenvalue weighted by Crippen LogP contribution is -2.22. The van der Waals surface area contributed by atoms with Crippen molar-refractivity contribution in [3.63, 3.8) is 0 Å². The van der Waals surface area contributed by atoms with Crippen LogP contribution < -0.4 is 0 Å². The summed E-state index contributed by atoms with van der Waals surface area (Å²) in [5, 5.41) is 19.2. The van der Waals surface area contributed by atoms with E-state index in [1.54, 1.807) is 0 Å². The van der Waals surface area contributed by atoms with Crippen molar-refractivity contribution in [1.82, 2.24) is 9.55 Å². The minimum atomic E-state index is -1.13. The monoisotopic (exact) mass is 357 g/mol. The number of aliphatic hydroxyl groups excluding tert-OH is 1. The van der Waals surface area contributed by atoms with Crippen molar-refractivity contribution in [2.45, 2.75) is 58.3 Å². The van der Waals surface area contributed by atoms with Crippen molar-refractivity contribution >= 4 is 19.1 Å². The topological polar surface area (TPSA) is 71.1 Å². The molecule has 0 atom stereocenters. The third-order valence-electron chi connectivity index (χ3n) is 4.74. The predicted octanol–water partition coefficient (Wildman–Crippen LogP) is 3.67. The highest BCUT2D eigenvalue weighted by Gasteiger charge is 2.24. The second kappa shape index (κ2) is 7.28. The van der Waals surface area contributed by atoms with Crippen LogP contribution in [0.15, 0.2) is 12.1 Å². The SMILES string of the molecule is C[Si](C)(C)CCOCn1c(CO)nc2cc(CC3CC3)c(C#N)cc21. The van der Waals surface area contributed by atoms with Gasteiger partial charge in [0, 0.05) is 14.7 Å². The number of imidazole rings is 1. The van der Waals surface area contributed by atoms with Crippen LogP contribution in [0.4, 0.5) is 0 Å². The maximum Gasteiger partial charge on any atom is 0.137 e. The van der Waals surface area contributed by atoms with Crippen LogP contribution >= 0.6 is 0 Å². The van der Waals surface area contributed by atoms with Crippen molar-refractivity contribution in [1.29, 1.82) is 5.26 Å². The van der Waals surface area contributed by atoms with E-state index in [2.05, 4.69) is 30.7 Å². The van der Waals surface area contributed by atoms with E-state index in [4.69, 9.17) is 4.74 Å². The molecule has 6 heteroatoms. The zero-order valence-electron chi connectivity index (χ0n) is 15.4. The van der Waals surface area contributed by atoms with E-state index < -0.39 is 8.07 Å². The molecule has 2 aromatic rings. The molecule has 0 amide bonds. The highest BCUT2D eigenvalue weighted by atomic mass is 28.3. The molecule has 25 heavy (non-hydrogen) atoms. The number of benzene rings is 1. The lowest BCUT2D eigenvalue weighted by Gasteiger charge is -2.16. The molecule has 1 aliphatic carbocycles. The standard InChI is InChI=1S/C19H27N3O2Si/c1-25(2,3)7-6-24-13-22-18-10-16(11-20)15(8-14-4-5-14)9-17(18)21-19(22)12-23/h9-10,14,23H,4-8,12-13H2,1-3H3. The summed E-state index contributed by atoms with van der Waals surface area (Å²) in [5.41, 5.74) is 3.50. The lowest BCUT2D eigenvalue weighted by molar-refractivity contribution is 0.0845. The zero-order chi connectivity index (χ0) is 18.0. The molecule has 0 bridgehead atoms. The fraction of sp³-hybridized carbons (Fsp3) is 0.579. The van der Waals surface area contributed by atoms with E-state index in [-0.39, 0.29) is 6.61 Å². The maximum atomic E-state index is 9.66. The van der Waals surface area contributed by atoms with E-state index in [0.717, 1.165) is 29.1 Å². The summed E-state index contributed by atoms with van der Waals surface area (Å²) in [6.45, 7) is 7.91. The molecule has 0 saturated heterocycles. The summed E-state index contributed by atoms with van der Waals surface area (Å²) in [4.78, 5) is 4.55. The molecular formula is C19H27N3O2Si. The summed E-state index contributed by atoms with van der Waals surface area (Å²) in [5.74, 6) is 1.31. The predicted molar refractivity (Wildman–Crippen MR) is 101 cm³/mol. The molecule has 1 heterocycles. The Hall–Kier alpha value is -1.68. The number of rotatable bonds is 8. The molecule has 1 aromatic carbocycles. The molecule has 0 aliphatic heterocycles. The Balaban J connectivity index is 1.84. The largest absolute Gasteiger partial charge is 0.388 e. The van der Waals surface area contributed by atoms with Gasteiger partial charge in [-0.2, -0.15) is 5.26 Å². The van der Waals surface area contributed by atoms with Crippen LogP contribution in [0, 0.1) is 17.2 Å². The fourth-order valence-corrected chi connectivity index (χ4v) is 3.73. The number of aliphatic hydroxyl groups is 1. The minimum absolute atomic E-state index is 0.133. The molecule has 1 N–H and O–H groups in total. The van der Waals surface area contributed by atoms with Gasteiger partial charge in [0.15, 0.2) is 0 Å². The van der Waals surface area contributed by atoms with Crippen molar-refractivity contribution in [3.05, 3.63) is 29.1 Å². The van der Waals surface area contributed by atoms with Crippen molar-refractivity contribution in [3.8, 4) is 6.07 Å². The molecule has 3 rings (SSSR count). The number of nitrogens with zero attached hydrogens (tertiary/aromatic N) is 3. The summed E-state index contributed by atoms with van der Waals surface area (Å²) in [7, 11) is -1.13. The summed E-state index contributed by atoms with van der Waals surface area (Å²) >= 11 is 0. The Bertz CT molecular complexity index is 798. The van der Waals surface area contributed by atoms with Gasteiger partial charge in [-0.15, -0.1) is 0 Å². The van der Waals surface area contributed by atoms with Gasteiger partial charge in [-0.05, 0) is 48.9 Å². The highest BCUT2D eigenvalue weighted by Crippen LogP contribution is 2.34. The second-order valence-corrected chi connectivity index (χ2v) is 13.8. The molecule has 0 radical (unpaired) electrons. The smallest absolute Gasteiger partial charge is 0.137 e. The van der Waals surface area contributed by atoms with Gasteiger partial charge in [-0.3, -0.25) is 0 Å². The Morgan fingerprint density at radius 3 is 2.72 bits per heavy atom. The first kappa shape index (κ1) is 18.1. The van der Waals surface area contributed by atoms with Crippen molar-refractivity contribution in [2.75, 3.05) is 6.61 Å². The summed E-state index contributed by atoms with van der Waals surface area (Å²) in [6, 6.07) is 7.35. The fourth-order valence-electron chi connectivity index (χ4n) is 2.97. The lowest BCUT2D eigenvalue weighted by atomic mass is 10.0. The average molecular weight is 358 g/mol. The van der Waals surface area contributed by atoms with Crippen LogP contribution in [-0.4, -0.2) is 29.3 Å². The number of aromatic nitrogens is 2. The number of fused-ring (bicyclic) bond motifs is 1. The zero-order valence-corrected chi connectivity index (χ0v) is 16.4. The Morgan fingerprint density at radius 2 is 2.12 bits per heavy atom. The number of hydrogen-bond acceptors (Lipinski definition) is 4. The summed E-state index contributed by atoms with van der Waals surface area (Å²) < 4.78 is 7.74. The third kappa shape index (κ3) is 4.49. The van der Waals surface area contributed by atoms with Crippen LogP contribution in [0.2, 0.25) is 25.7 Å². The molecule has 134 valence electrons. The molecule has 5 nitrogen and oxygen atoms in total. The van der Waals surface area contributed by atoms with Gasteiger partial charge in [0.05, 0.1) is 22.7 Å². The Morgan fingerprint density at radius 1 is 1.36 bits per heavy atom.